The topological polar surface area (TPSA) is 69.6 Å². The summed E-state index contributed by atoms with van der Waals surface area (Å²) in [5, 5.41) is 12.1. The van der Waals surface area contributed by atoms with Crippen LogP contribution in [-0.2, 0) is 6.54 Å². The lowest BCUT2D eigenvalue weighted by Crippen LogP contribution is -2.15. The molecule has 2 N–H and O–H groups in total. The van der Waals surface area contributed by atoms with Crippen LogP contribution in [-0.4, -0.2) is 20.2 Å². The minimum atomic E-state index is 0.722. The number of anilines is 1. The number of hydrogen-bond acceptors (Lipinski definition) is 4. The van der Waals surface area contributed by atoms with Crippen LogP contribution in [0.4, 0.5) is 5.69 Å². The largest absolute Gasteiger partial charge is 0.398 e. The molecule has 0 saturated heterocycles. The molecule has 1 saturated carbocycles. The van der Waals surface area contributed by atoms with Gasteiger partial charge in [0.2, 0.25) is 0 Å². The van der Waals surface area contributed by atoms with Gasteiger partial charge in [0.05, 0.1) is 0 Å². The van der Waals surface area contributed by atoms with E-state index >= 15 is 0 Å². The van der Waals surface area contributed by atoms with Gasteiger partial charge in [-0.3, -0.25) is 0 Å². The van der Waals surface area contributed by atoms with Crippen LogP contribution >= 0.6 is 0 Å². The Balaban J connectivity index is 1.67. The Morgan fingerprint density at radius 2 is 1.95 bits per heavy atom. The van der Waals surface area contributed by atoms with Gasteiger partial charge in [0.25, 0.3) is 0 Å². The highest BCUT2D eigenvalue weighted by Crippen LogP contribution is 2.31. The standard InChI is InChI=1S/C16H23N5/c1-12-6-8-13(9-7-12)10-11-21-16(18-19-20-21)14-4-2-3-5-15(14)17/h2-5,12-13H,6-11,17H2,1H3. The van der Waals surface area contributed by atoms with Gasteiger partial charge in [-0.25, -0.2) is 4.68 Å². The Kier molecular flexibility index (Phi) is 4.18. The summed E-state index contributed by atoms with van der Waals surface area (Å²) in [6.07, 6.45) is 6.55. The van der Waals surface area contributed by atoms with Crippen LogP contribution in [0.25, 0.3) is 11.4 Å². The first kappa shape index (κ1) is 14.0. The van der Waals surface area contributed by atoms with E-state index in [1.54, 1.807) is 0 Å². The molecule has 1 heterocycles. The van der Waals surface area contributed by atoms with Crippen molar-refractivity contribution < 1.29 is 0 Å². The molecule has 0 unspecified atom stereocenters. The third-order valence-corrected chi connectivity index (χ3v) is 4.62. The van der Waals surface area contributed by atoms with Crippen LogP contribution in [0.2, 0.25) is 0 Å². The Bertz CT molecular complexity index is 584. The number of tetrazole rings is 1. The van der Waals surface area contributed by atoms with E-state index in [1.165, 1.54) is 25.7 Å². The van der Waals surface area contributed by atoms with Gasteiger partial charge in [0.1, 0.15) is 0 Å². The third kappa shape index (κ3) is 3.23. The molecule has 1 aromatic carbocycles. The predicted octanol–water partition coefficient (Wildman–Crippen LogP) is 3.14. The molecule has 1 aliphatic rings. The SMILES string of the molecule is CC1CCC(CCn2nnnc2-c2ccccc2N)CC1. The number of hydrogen-bond donors (Lipinski definition) is 1. The van der Waals surface area contributed by atoms with E-state index in [0.717, 1.165) is 41.9 Å². The molecule has 0 atom stereocenters. The highest BCUT2D eigenvalue weighted by molar-refractivity contribution is 5.70. The van der Waals surface area contributed by atoms with Gasteiger partial charge < -0.3 is 5.73 Å². The monoisotopic (exact) mass is 285 g/mol. The van der Waals surface area contributed by atoms with Crippen LogP contribution < -0.4 is 5.73 Å². The summed E-state index contributed by atoms with van der Waals surface area (Å²) in [5.41, 5.74) is 7.66. The predicted molar refractivity (Wildman–Crippen MR) is 83.4 cm³/mol. The molecule has 0 bridgehead atoms. The second kappa shape index (κ2) is 6.24. The third-order valence-electron chi connectivity index (χ3n) is 4.62. The second-order valence-corrected chi connectivity index (χ2v) is 6.23. The van der Waals surface area contributed by atoms with E-state index in [0.29, 0.717) is 0 Å². The van der Waals surface area contributed by atoms with Crippen molar-refractivity contribution in [3.63, 3.8) is 0 Å². The maximum Gasteiger partial charge on any atom is 0.184 e. The molecule has 0 aliphatic heterocycles. The van der Waals surface area contributed by atoms with Crippen molar-refractivity contribution in [2.75, 3.05) is 5.73 Å². The number of nitrogens with zero attached hydrogens (tertiary/aromatic N) is 4. The number of aromatic nitrogens is 4. The zero-order valence-corrected chi connectivity index (χ0v) is 12.6. The van der Waals surface area contributed by atoms with Crippen LogP contribution in [0.5, 0.6) is 0 Å². The average molecular weight is 285 g/mol. The van der Waals surface area contributed by atoms with Crippen molar-refractivity contribution >= 4 is 5.69 Å². The van der Waals surface area contributed by atoms with Gasteiger partial charge in [0.15, 0.2) is 5.82 Å². The summed E-state index contributed by atoms with van der Waals surface area (Å²) >= 11 is 0. The van der Waals surface area contributed by atoms with E-state index in [1.807, 2.05) is 28.9 Å². The van der Waals surface area contributed by atoms with Gasteiger partial charge >= 0.3 is 0 Å². The van der Waals surface area contributed by atoms with E-state index in [9.17, 15) is 0 Å². The van der Waals surface area contributed by atoms with Gasteiger partial charge in [0, 0.05) is 17.8 Å². The minimum absolute atomic E-state index is 0.722. The quantitative estimate of drug-likeness (QED) is 0.876. The number of para-hydroxylation sites is 1. The molecule has 3 rings (SSSR count). The van der Waals surface area contributed by atoms with E-state index in [2.05, 4.69) is 22.4 Å². The molecule has 1 fully saturated rings. The van der Waals surface area contributed by atoms with E-state index in [4.69, 9.17) is 5.73 Å². The molecular weight excluding hydrogens is 262 g/mol. The van der Waals surface area contributed by atoms with Crippen LogP contribution in [0.1, 0.15) is 39.0 Å². The van der Waals surface area contributed by atoms with E-state index in [-0.39, 0.29) is 0 Å². The molecule has 1 aromatic heterocycles. The molecule has 5 heteroatoms. The van der Waals surface area contributed by atoms with E-state index < -0.39 is 0 Å². The van der Waals surface area contributed by atoms with Crippen molar-refractivity contribution in [3.8, 4) is 11.4 Å². The molecule has 21 heavy (non-hydrogen) atoms. The number of benzene rings is 1. The van der Waals surface area contributed by atoms with Crippen molar-refractivity contribution in [1.82, 2.24) is 20.2 Å². The molecule has 2 aromatic rings. The molecule has 0 amide bonds. The lowest BCUT2D eigenvalue weighted by atomic mass is 9.81. The highest BCUT2D eigenvalue weighted by Gasteiger charge is 2.19. The maximum absolute atomic E-state index is 6.03. The van der Waals surface area contributed by atoms with Crippen molar-refractivity contribution in [1.29, 1.82) is 0 Å². The summed E-state index contributed by atoms with van der Waals surface area (Å²) in [7, 11) is 0. The molecule has 112 valence electrons. The summed E-state index contributed by atoms with van der Waals surface area (Å²) in [5.74, 6) is 2.48. The Morgan fingerprint density at radius 1 is 1.19 bits per heavy atom. The number of nitrogen functional groups attached to an aromatic ring is 1. The fraction of sp³-hybridized carbons (Fsp3) is 0.562. The highest BCUT2D eigenvalue weighted by atomic mass is 15.5. The first-order valence-corrected chi connectivity index (χ1v) is 7.85. The van der Waals surface area contributed by atoms with Crippen molar-refractivity contribution in [2.45, 2.75) is 45.6 Å². The lowest BCUT2D eigenvalue weighted by Gasteiger charge is -2.26. The number of aryl methyl sites for hydroxylation is 1. The zero-order chi connectivity index (χ0) is 14.7. The van der Waals surface area contributed by atoms with Crippen molar-refractivity contribution in [2.24, 2.45) is 11.8 Å². The summed E-state index contributed by atoms with van der Waals surface area (Å²) < 4.78 is 1.89. The first-order chi connectivity index (χ1) is 10.2. The second-order valence-electron chi connectivity index (χ2n) is 6.23. The lowest BCUT2D eigenvalue weighted by molar-refractivity contribution is 0.265. The minimum Gasteiger partial charge on any atom is -0.398 e. The van der Waals surface area contributed by atoms with Gasteiger partial charge in [-0.05, 0) is 40.8 Å². The normalized spacial score (nSPS) is 22.3. The molecule has 1 aliphatic carbocycles. The van der Waals surface area contributed by atoms with Crippen LogP contribution in [0.3, 0.4) is 0 Å². The molecule has 0 radical (unpaired) electrons. The molecule has 5 nitrogen and oxygen atoms in total. The maximum atomic E-state index is 6.03. The Hall–Kier alpha value is -1.91. The zero-order valence-electron chi connectivity index (χ0n) is 12.6. The van der Waals surface area contributed by atoms with Crippen LogP contribution in [0, 0.1) is 11.8 Å². The number of rotatable bonds is 4. The summed E-state index contributed by atoms with van der Waals surface area (Å²) in [6, 6.07) is 7.75. The summed E-state index contributed by atoms with van der Waals surface area (Å²) in [6.45, 7) is 3.23. The smallest absolute Gasteiger partial charge is 0.184 e. The van der Waals surface area contributed by atoms with Crippen molar-refractivity contribution in [3.05, 3.63) is 24.3 Å². The van der Waals surface area contributed by atoms with Gasteiger partial charge in [-0.15, -0.1) is 5.10 Å². The molecular formula is C16H23N5. The fourth-order valence-electron chi connectivity index (χ4n) is 3.17. The first-order valence-electron chi connectivity index (χ1n) is 7.85. The average Bonchev–Trinajstić information content (AvgIpc) is 2.95. The van der Waals surface area contributed by atoms with Crippen LogP contribution in [0.15, 0.2) is 24.3 Å². The number of nitrogens with two attached hydrogens (primary N) is 1. The van der Waals surface area contributed by atoms with Gasteiger partial charge in [-0.1, -0.05) is 44.7 Å². The fourth-order valence-corrected chi connectivity index (χ4v) is 3.17. The summed E-state index contributed by atoms with van der Waals surface area (Å²) in [4.78, 5) is 0. The van der Waals surface area contributed by atoms with Gasteiger partial charge in [-0.2, -0.15) is 0 Å². The molecule has 0 spiro atoms. The Labute approximate surface area is 125 Å². The Morgan fingerprint density at radius 3 is 2.71 bits per heavy atom.